The summed E-state index contributed by atoms with van der Waals surface area (Å²) in [4.78, 5) is 27.3. The van der Waals surface area contributed by atoms with Crippen LogP contribution in [0.5, 0.6) is 0 Å². The molecule has 1 fully saturated rings. The van der Waals surface area contributed by atoms with Gasteiger partial charge in [-0.1, -0.05) is 57.2 Å². The lowest BCUT2D eigenvalue weighted by Crippen LogP contribution is -2.37. The van der Waals surface area contributed by atoms with Crippen LogP contribution in [0.25, 0.3) is 0 Å². The normalized spacial score (nSPS) is 21.0. The Morgan fingerprint density at radius 1 is 0.964 bits per heavy atom. The molecule has 2 aromatic carbocycles. The van der Waals surface area contributed by atoms with Crippen LogP contribution in [0.15, 0.2) is 48.5 Å². The molecule has 2 unspecified atom stereocenters. The first-order chi connectivity index (χ1) is 13.3. The van der Waals surface area contributed by atoms with Crippen molar-refractivity contribution in [3.05, 3.63) is 65.2 Å². The number of nitrogens with one attached hydrogen (secondary N) is 1. The molecule has 0 bridgehead atoms. The number of amides is 2. The van der Waals surface area contributed by atoms with Crippen LogP contribution >= 0.6 is 0 Å². The summed E-state index contributed by atoms with van der Waals surface area (Å²) in [5.41, 5.74) is 4.67. The summed E-state index contributed by atoms with van der Waals surface area (Å²) in [6.45, 7) is 7.91. The van der Waals surface area contributed by atoms with Crippen molar-refractivity contribution in [1.29, 1.82) is 0 Å². The highest BCUT2D eigenvalue weighted by molar-refractivity contribution is 5.99. The summed E-state index contributed by atoms with van der Waals surface area (Å²) in [6, 6.07) is 16.3. The topological polar surface area (TPSA) is 49.4 Å². The van der Waals surface area contributed by atoms with Gasteiger partial charge in [-0.25, -0.2) is 0 Å². The number of hydrogen-bond donors (Lipinski definition) is 1. The summed E-state index contributed by atoms with van der Waals surface area (Å²) in [7, 11) is 0. The van der Waals surface area contributed by atoms with Crippen molar-refractivity contribution < 1.29 is 9.59 Å². The van der Waals surface area contributed by atoms with Crippen LogP contribution in [0.1, 0.15) is 43.9 Å². The molecule has 2 atom stereocenters. The lowest BCUT2D eigenvalue weighted by molar-refractivity contribution is -0.135. The summed E-state index contributed by atoms with van der Waals surface area (Å²) in [5, 5.41) is 2.98. The predicted molar refractivity (Wildman–Crippen MR) is 111 cm³/mol. The van der Waals surface area contributed by atoms with Gasteiger partial charge in [0.25, 0.3) is 0 Å². The third-order valence-corrected chi connectivity index (χ3v) is 5.91. The largest absolute Gasteiger partial charge is 0.338 e. The van der Waals surface area contributed by atoms with Crippen molar-refractivity contribution in [2.24, 2.45) is 11.8 Å². The molecule has 2 aromatic rings. The van der Waals surface area contributed by atoms with E-state index in [-0.39, 0.29) is 29.1 Å². The van der Waals surface area contributed by atoms with Gasteiger partial charge in [0.15, 0.2) is 0 Å². The molecule has 1 aliphatic carbocycles. The maximum absolute atomic E-state index is 12.8. The van der Waals surface area contributed by atoms with Gasteiger partial charge in [-0.2, -0.15) is 0 Å². The number of fused-ring (bicyclic) bond motifs is 1. The molecule has 1 aliphatic heterocycles. The molecule has 0 radical (unpaired) electrons. The smallest absolute Gasteiger partial charge is 0.228 e. The zero-order chi connectivity index (χ0) is 19.9. The zero-order valence-electron chi connectivity index (χ0n) is 16.9. The fourth-order valence-electron chi connectivity index (χ4n) is 3.96. The van der Waals surface area contributed by atoms with Crippen molar-refractivity contribution in [2.45, 2.75) is 45.6 Å². The van der Waals surface area contributed by atoms with E-state index in [4.69, 9.17) is 0 Å². The molecule has 4 nitrogen and oxygen atoms in total. The number of benzene rings is 2. The molecule has 4 rings (SSSR count). The molecule has 146 valence electrons. The van der Waals surface area contributed by atoms with Crippen LogP contribution in [0.4, 0.5) is 5.69 Å². The Kier molecular flexibility index (Phi) is 4.74. The lowest BCUT2D eigenvalue weighted by atomic mass is 9.87. The van der Waals surface area contributed by atoms with Gasteiger partial charge in [0.2, 0.25) is 11.8 Å². The van der Waals surface area contributed by atoms with E-state index in [9.17, 15) is 9.59 Å². The minimum atomic E-state index is -0.202. The second-order valence-corrected chi connectivity index (χ2v) is 9.04. The lowest BCUT2D eigenvalue weighted by Gasteiger charge is -2.29. The van der Waals surface area contributed by atoms with Crippen molar-refractivity contribution >= 4 is 17.5 Å². The van der Waals surface area contributed by atoms with Gasteiger partial charge in [-0.15, -0.1) is 0 Å². The predicted octanol–water partition coefficient (Wildman–Crippen LogP) is 4.14. The van der Waals surface area contributed by atoms with E-state index in [1.54, 1.807) is 0 Å². The molecule has 1 heterocycles. The molecular formula is C24H28N2O2. The van der Waals surface area contributed by atoms with Crippen LogP contribution in [0, 0.1) is 11.8 Å². The number of hydrogen-bond acceptors (Lipinski definition) is 2. The number of nitrogens with zero attached hydrogens (tertiary/aromatic N) is 1. The average Bonchev–Trinajstić information content (AvgIpc) is 3.48. The van der Waals surface area contributed by atoms with Gasteiger partial charge in [0.05, 0.1) is 11.8 Å². The Hall–Kier alpha value is -2.62. The highest BCUT2D eigenvalue weighted by Crippen LogP contribution is 2.41. The first kappa shape index (κ1) is 18.7. The number of carbonyl (C=O) groups excluding carboxylic acids is 2. The zero-order valence-corrected chi connectivity index (χ0v) is 16.9. The third-order valence-electron chi connectivity index (χ3n) is 5.91. The number of rotatable bonds is 3. The van der Waals surface area contributed by atoms with Gasteiger partial charge in [0, 0.05) is 18.8 Å². The van der Waals surface area contributed by atoms with E-state index in [1.807, 2.05) is 29.2 Å². The van der Waals surface area contributed by atoms with E-state index in [0.717, 1.165) is 18.7 Å². The number of anilines is 1. The fraction of sp³-hybridized carbons (Fsp3) is 0.417. The third kappa shape index (κ3) is 3.82. The maximum Gasteiger partial charge on any atom is 0.228 e. The van der Waals surface area contributed by atoms with Crippen LogP contribution in [-0.4, -0.2) is 23.3 Å². The van der Waals surface area contributed by atoms with Gasteiger partial charge in [-0.05, 0) is 47.1 Å². The molecule has 0 spiro atoms. The van der Waals surface area contributed by atoms with Crippen LogP contribution in [0.2, 0.25) is 0 Å². The first-order valence-electron chi connectivity index (χ1n) is 10.1. The Balaban J connectivity index is 1.34. The van der Waals surface area contributed by atoms with Gasteiger partial charge >= 0.3 is 0 Å². The summed E-state index contributed by atoms with van der Waals surface area (Å²) in [5.74, 6) is -0.289. The second kappa shape index (κ2) is 7.08. The van der Waals surface area contributed by atoms with E-state index < -0.39 is 0 Å². The molecule has 2 amide bonds. The van der Waals surface area contributed by atoms with Gasteiger partial charge in [0.1, 0.15) is 0 Å². The van der Waals surface area contributed by atoms with Gasteiger partial charge < -0.3 is 10.2 Å². The van der Waals surface area contributed by atoms with Crippen molar-refractivity contribution in [2.75, 3.05) is 11.9 Å². The molecule has 1 saturated carbocycles. The van der Waals surface area contributed by atoms with Gasteiger partial charge in [-0.3, -0.25) is 9.59 Å². The molecular weight excluding hydrogens is 348 g/mol. The summed E-state index contributed by atoms with van der Waals surface area (Å²) < 4.78 is 0. The molecule has 28 heavy (non-hydrogen) atoms. The summed E-state index contributed by atoms with van der Waals surface area (Å²) >= 11 is 0. The van der Waals surface area contributed by atoms with Crippen molar-refractivity contribution in [3.63, 3.8) is 0 Å². The Bertz CT molecular complexity index is 896. The fourth-order valence-corrected chi connectivity index (χ4v) is 3.96. The molecule has 0 aromatic heterocycles. The molecule has 1 N–H and O–H groups in total. The maximum atomic E-state index is 12.8. The Morgan fingerprint density at radius 3 is 2.32 bits per heavy atom. The molecule has 4 heteroatoms. The first-order valence-corrected chi connectivity index (χ1v) is 10.1. The van der Waals surface area contributed by atoms with Crippen LogP contribution in [0.3, 0.4) is 0 Å². The van der Waals surface area contributed by atoms with Crippen LogP contribution < -0.4 is 5.32 Å². The van der Waals surface area contributed by atoms with E-state index in [1.165, 1.54) is 16.7 Å². The highest BCUT2D eigenvalue weighted by Gasteiger charge is 2.49. The van der Waals surface area contributed by atoms with Crippen molar-refractivity contribution in [1.82, 2.24) is 4.90 Å². The van der Waals surface area contributed by atoms with E-state index in [2.05, 4.69) is 50.4 Å². The quantitative estimate of drug-likeness (QED) is 0.875. The molecule has 2 aliphatic rings. The summed E-state index contributed by atoms with van der Waals surface area (Å²) in [6.07, 6.45) is 1.55. The van der Waals surface area contributed by atoms with Crippen molar-refractivity contribution in [3.8, 4) is 0 Å². The SMILES string of the molecule is CC(C)(C)c1ccc(NC(=O)C2CC2C(=O)N2CCc3ccccc3C2)cc1. The minimum Gasteiger partial charge on any atom is -0.338 e. The second-order valence-electron chi connectivity index (χ2n) is 9.04. The minimum absolute atomic E-state index is 0.0423. The average molecular weight is 377 g/mol. The monoisotopic (exact) mass is 376 g/mol. The Labute approximate surface area is 166 Å². The van der Waals surface area contributed by atoms with E-state index >= 15 is 0 Å². The number of carbonyl (C=O) groups is 2. The highest BCUT2D eigenvalue weighted by atomic mass is 16.2. The standard InChI is InChI=1S/C24H28N2O2/c1-24(2,3)18-8-10-19(11-9-18)25-22(27)20-14-21(20)23(28)26-13-12-16-6-4-5-7-17(16)15-26/h4-11,20-21H,12-15H2,1-3H3,(H,25,27). The Morgan fingerprint density at radius 2 is 1.64 bits per heavy atom. The molecule has 0 saturated heterocycles. The van der Waals surface area contributed by atoms with Crippen LogP contribution in [-0.2, 0) is 28.0 Å². The van der Waals surface area contributed by atoms with E-state index in [0.29, 0.717) is 13.0 Å².